The van der Waals surface area contributed by atoms with Crippen LogP contribution in [0.2, 0.25) is 0 Å². The molecule has 0 radical (unpaired) electrons. The summed E-state index contributed by atoms with van der Waals surface area (Å²) in [5.74, 6) is 1.28. The highest BCUT2D eigenvalue weighted by molar-refractivity contribution is 5.54. The summed E-state index contributed by atoms with van der Waals surface area (Å²) in [6.07, 6.45) is 3.83. The average molecular weight is 320 g/mol. The van der Waals surface area contributed by atoms with Gasteiger partial charge in [0.1, 0.15) is 11.9 Å². The monoisotopic (exact) mass is 320 g/mol. The molecule has 24 heavy (non-hydrogen) atoms. The molecular weight excluding hydrogens is 300 g/mol. The number of rotatable bonds is 2. The Morgan fingerprint density at radius 1 is 1.17 bits per heavy atom. The standard InChI is InChI=1S/C19H20N4O/c1-13-21-18(17(12-20)19(24)23(13)16-6-7-16)22-10-8-14-4-2-3-5-15(14)9-11-22/h2-5,16H,6-11H2,1H3. The summed E-state index contributed by atoms with van der Waals surface area (Å²) in [6.45, 7) is 3.44. The summed E-state index contributed by atoms with van der Waals surface area (Å²) in [6, 6.07) is 10.8. The molecule has 1 fully saturated rings. The number of nitrogens with zero attached hydrogens (tertiary/aromatic N) is 4. The van der Waals surface area contributed by atoms with Crippen LogP contribution in [-0.4, -0.2) is 22.6 Å². The number of nitriles is 1. The Morgan fingerprint density at radius 3 is 2.33 bits per heavy atom. The zero-order valence-electron chi connectivity index (χ0n) is 13.8. The first-order valence-electron chi connectivity index (χ1n) is 8.54. The first kappa shape index (κ1) is 14.9. The van der Waals surface area contributed by atoms with Crippen molar-refractivity contribution < 1.29 is 0 Å². The van der Waals surface area contributed by atoms with E-state index in [1.807, 2.05) is 6.92 Å². The second-order valence-corrected chi connectivity index (χ2v) is 6.63. The van der Waals surface area contributed by atoms with Crippen LogP contribution < -0.4 is 10.5 Å². The largest absolute Gasteiger partial charge is 0.355 e. The molecule has 1 saturated carbocycles. The highest BCUT2D eigenvalue weighted by Crippen LogP contribution is 2.35. The van der Waals surface area contributed by atoms with Crippen LogP contribution in [0.5, 0.6) is 0 Å². The van der Waals surface area contributed by atoms with E-state index in [-0.39, 0.29) is 17.2 Å². The van der Waals surface area contributed by atoms with Gasteiger partial charge in [-0.05, 0) is 43.7 Å². The van der Waals surface area contributed by atoms with Gasteiger partial charge in [-0.15, -0.1) is 0 Å². The van der Waals surface area contributed by atoms with Crippen LogP contribution >= 0.6 is 0 Å². The van der Waals surface area contributed by atoms with Crippen molar-refractivity contribution in [3.05, 3.63) is 57.1 Å². The Kier molecular flexibility index (Phi) is 3.61. The maximum atomic E-state index is 12.7. The molecule has 0 amide bonds. The minimum Gasteiger partial charge on any atom is -0.355 e. The lowest BCUT2D eigenvalue weighted by molar-refractivity contribution is 0.648. The molecule has 1 aliphatic carbocycles. The van der Waals surface area contributed by atoms with Crippen LogP contribution in [0.3, 0.4) is 0 Å². The van der Waals surface area contributed by atoms with Crippen LogP contribution in [0.15, 0.2) is 29.1 Å². The normalized spacial score (nSPS) is 17.1. The van der Waals surface area contributed by atoms with Crippen molar-refractivity contribution in [3.63, 3.8) is 0 Å². The number of hydrogen-bond donors (Lipinski definition) is 0. The van der Waals surface area contributed by atoms with E-state index in [1.54, 1.807) is 4.57 Å². The second-order valence-electron chi connectivity index (χ2n) is 6.63. The third-order valence-electron chi connectivity index (χ3n) is 5.02. The van der Waals surface area contributed by atoms with E-state index in [0.29, 0.717) is 5.82 Å². The van der Waals surface area contributed by atoms with E-state index in [1.165, 1.54) is 11.1 Å². The van der Waals surface area contributed by atoms with Gasteiger partial charge in [-0.3, -0.25) is 9.36 Å². The third kappa shape index (κ3) is 2.48. The molecule has 1 aromatic heterocycles. The van der Waals surface area contributed by atoms with Gasteiger partial charge in [0, 0.05) is 19.1 Å². The Morgan fingerprint density at radius 2 is 1.79 bits per heavy atom. The number of benzene rings is 1. The number of aromatic nitrogens is 2. The van der Waals surface area contributed by atoms with Crippen LogP contribution in [0.1, 0.15) is 41.4 Å². The zero-order valence-corrected chi connectivity index (χ0v) is 13.8. The summed E-state index contributed by atoms with van der Waals surface area (Å²) in [5, 5.41) is 9.56. The predicted molar refractivity (Wildman–Crippen MR) is 92.3 cm³/mol. The first-order chi connectivity index (χ1) is 11.7. The highest BCUT2D eigenvalue weighted by Gasteiger charge is 2.30. The Bertz CT molecular complexity index is 862. The lowest BCUT2D eigenvalue weighted by atomic mass is 10.0. The molecule has 0 atom stereocenters. The van der Waals surface area contributed by atoms with Gasteiger partial charge in [-0.2, -0.15) is 5.26 Å². The van der Waals surface area contributed by atoms with Crippen LogP contribution in [0.4, 0.5) is 5.82 Å². The van der Waals surface area contributed by atoms with Gasteiger partial charge < -0.3 is 4.90 Å². The van der Waals surface area contributed by atoms with Crippen LogP contribution in [0.25, 0.3) is 0 Å². The predicted octanol–water partition coefficient (Wildman–Crippen LogP) is 2.36. The number of anilines is 1. The molecule has 1 aliphatic heterocycles. The summed E-state index contributed by atoms with van der Waals surface area (Å²) in [4.78, 5) is 19.5. The molecule has 0 bridgehead atoms. The Balaban J connectivity index is 1.72. The molecule has 122 valence electrons. The maximum absolute atomic E-state index is 12.7. The molecule has 2 aromatic rings. The summed E-state index contributed by atoms with van der Waals surface area (Å²) in [5.41, 5.74) is 2.71. The van der Waals surface area contributed by atoms with Gasteiger partial charge >= 0.3 is 0 Å². The molecule has 0 unspecified atom stereocenters. The van der Waals surface area contributed by atoms with Crippen molar-refractivity contribution in [2.45, 2.75) is 38.6 Å². The van der Waals surface area contributed by atoms with Crippen LogP contribution in [-0.2, 0) is 12.8 Å². The maximum Gasteiger partial charge on any atom is 0.273 e. The Labute approximate surface area is 141 Å². The van der Waals surface area contributed by atoms with Crippen molar-refractivity contribution in [3.8, 4) is 6.07 Å². The summed E-state index contributed by atoms with van der Waals surface area (Å²) >= 11 is 0. The topological polar surface area (TPSA) is 61.9 Å². The lowest BCUT2D eigenvalue weighted by Gasteiger charge is -2.23. The molecule has 4 rings (SSSR count). The van der Waals surface area contributed by atoms with E-state index in [2.05, 4.69) is 40.2 Å². The van der Waals surface area contributed by atoms with Gasteiger partial charge in [-0.1, -0.05) is 24.3 Å². The van der Waals surface area contributed by atoms with Gasteiger partial charge in [0.05, 0.1) is 0 Å². The quantitative estimate of drug-likeness (QED) is 0.852. The van der Waals surface area contributed by atoms with Crippen molar-refractivity contribution in [2.75, 3.05) is 18.0 Å². The van der Waals surface area contributed by atoms with E-state index in [0.717, 1.165) is 44.6 Å². The smallest absolute Gasteiger partial charge is 0.273 e. The molecule has 1 aromatic carbocycles. The van der Waals surface area contributed by atoms with E-state index >= 15 is 0 Å². The van der Waals surface area contributed by atoms with E-state index in [4.69, 9.17) is 0 Å². The number of fused-ring (bicyclic) bond motifs is 1. The van der Waals surface area contributed by atoms with Crippen molar-refractivity contribution in [1.29, 1.82) is 5.26 Å². The SMILES string of the molecule is Cc1nc(N2CCc3ccccc3CC2)c(C#N)c(=O)n1C1CC1. The Hall–Kier alpha value is -2.61. The second kappa shape index (κ2) is 5.79. The molecule has 2 aliphatic rings. The van der Waals surface area contributed by atoms with E-state index in [9.17, 15) is 10.1 Å². The fourth-order valence-electron chi connectivity index (χ4n) is 3.60. The van der Waals surface area contributed by atoms with Crippen molar-refractivity contribution in [1.82, 2.24) is 9.55 Å². The fraction of sp³-hybridized carbons (Fsp3) is 0.421. The highest BCUT2D eigenvalue weighted by atomic mass is 16.1. The molecule has 5 heteroatoms. The van der Waals surface area contributed by atoms with Gasteiger partial charge in [0.2, 0.25) is 0 Å². The van der Waals surface area contributed by atoms with Gasteiger partial charge in [0.15, 0.2) is 11.4 Å². The van der Waals surface area contributed by atoms with Gasteiger partial charge in [0.25, 0.3) is 5.56 Å². The minimum absolute atomic E-state index is 0.177. The molecule has 2 heterocycles. The van der Waals surface area contributed by atoms with Crippen molar-refractivity contribution >= 4 is 5.82 Å². The van der Waals surface area contributed by atoms with E-state index < -0.39 is 0 Å². The van der Waals surface area contributed by atoms with Crippen molar-refractivity contribution in [2.24, 2.45) is 0 Å². The molecule has 5 nitrogen and oxygen atoms in total. The number of hydrogen-bond acceptors (Lipinski definition) is 4. The van der Waals surface area contributed by atoms with Crippen LogP contribution in [0, 0.1) is 18.3 Å². The fourth-order valence-corrected chi connectivity index (χ4v) is 3.60. The minimum atomic E-state index is -0.177. The third-order valence-corrected chi connectivity index (χ3v) is 5.02. The summed E-state index contributed by atoms with van der Waals surface area (Å²) < 4.78 is 1.70. The zero-order chi connectivity index (χ0) is 16.7. The lowest BCUT2D eigenvalue weighted by Crippen LogP contribution is -2.34. The number of aryl methyl sites for hydroxylation is 1. The molecule has 0 spiro atoms. The summed E-state index contributed by atoms with van der Waals surface area (Å²) in [7, 11) is 0. The van der Waals surface area contributed by atoms with Gasteiger partial charge in [-0.25, -0.2) is 4.98 Å². The molecular formula is C19H20N4O. The first-order valence-corrected chi connectivity index (χ1v) is 8.54. The molecule has 0 N–H and O–H groups in total. The molecule has 0 saturated heterocycles. The average Bonchev–Trinajstić information content (AvgIpc) is 3.41.